The molecule has 3 rings (SSSR count). The summed E-state index contributed by atoms with van der Waals surface area (Å²) in [6, 6.07) is 11.7. The van der Waals surface area contributed by atoms with Gasteiger partial charge in [0.05, 0.1) is 13.4 Å². The lowest BCUT2D eigenvalue weighted by atomic mass is 10.1. The predicted octanol–water partition coefficient (Wildman–Crippen LogP) is 2.20. The quantitative estimate of drug-likeness (QED) is 0.393. The highest BCUT2D eigenvalue weighted by Crippen LogP contribution is 2.30. The summed E-state index contributed by atoms with van der Waals surface area (Å²) in [5.74, 6) is -5.17. The van der Waals surface area contributed by atoms with Gasteiger partial charge >= 0.3 is 13.2 Å². The first kappa shape index (κ1) is 20.8. The normalized spacial score (nSPS) is 12.6. The molecule has 1 heterocycles. The van der Waals surface area contributed by atoms with Gasteiger partial charge in [-0.2, -0.15) is 8.78 Å². The molecule has 152 valence electrons. The molecule has 0 fully saturated rings. The molecular formula is C19H18BF2NO6. The van der Waals surface area contributed by atoms with E-state index in [1.807, 2.05) is 5.32 Å². The zero-order valence-corrected chi connectivity index (χ0v) is 15.3. The number of furan rings is 1. The van der Waals surface area contributed by atoms with E-state index in [-0.39, 0.29) is 6.42 Å². The standard InChI is InChI=1S/C19H18BF2NO6/c1-27-14-8-6-13(7-9-14)19(21,22)18(24)23-17(29-20(25)26)10-12-11-28-16-5-3-2-4-15(12)16/h2-9,11,17,25-26H,10H2,1H3,(H,23,24)/t17-/m1/s1. The van der Waals surface area contributed by atoms with E-state index in [1.165, 1.54) is 25.5 Å². The van der Waals surface area contributed by atoms with Crippen LogP contribution >= 0.6 is 0 Å². The molecule has 0 spiro atoms. The van der Waals surface area contributed by atoms with Crippen molar-refractivity contribution < 1.29 is 37.4 Å². The Bertz CT molecular complexity index is 976. The monoisotopic (exact) mass is 405 g/mol. The smallest absolute Gasteiger partial charge is 0.497 e. The van der Waals surface area contributed by atoms with Gasteiger partial charge in [0.1, 0.15) is 17.6 Å². The molecule has 2 aromatic carbocycles. The van der Waals surface area contributed by atoms with Gasteiger partial charge in [0.2, 0.25) is 0 Å². The number of amides is 1. The number of methoxy groups -OCH3 is 1. The Morgan fingerprint density at radius 1 is 1.21 bits per heavy atom. The van der Waals surface area contributed by atoms with Gasteiger partial charge in [-0.1, -0.05) is 18.2 Å². The van der Waals surface area contributed by atoms with E-state index < -0.39 is 30.9 Å². The highest BCUT2D eigenvalue weighted by molar-refractivity contribution is 6.32. The molecule has 7 nitrogen and oxygen atoms in total. The van der Waals surface area contributed by atoms with Crippen molar-refractivity contribution in [3.8, 4) is 5.75 Å². The van der Waals surface area contributed by atoms with E-state index in [0.29, 0.717) is 22.3 Å². The molecule has 1 amide bonds. The highest BCUT2D eigenvalue weighted by atomic mass is 19.3. The van der Waals surface area contributed by atoms with Gasteiger partial charge in [-0.25, -0.2) is 0 Å². The summed E-state index contributed by atoms with van der Waals surface area (Å²) in [4.78, 5) is 12.2. The van der Waals surface area contributed by atoms with Gasteiger partial charge in [0.25, 0.3) is 5.91 Å². The summed E-state index contributed by atoms with van der Waals surface area (Å²) < 4.78 is 44.2. The van der Waals surface area contributed by atoms with E-state index in [4.69, 9.17) is 23.9 Å². The van der Waals surface area contributed by atoms with Gasteiger partial charge in [-0.05, 0) is 30.3 Å². The van der Waals surface area contributed by atoms with Gasteiger partial charge in [-0.15, -0.1) is 0 Å². The third-order valence-corrected chi connectivity index (χ3v) is 4.28. The van der Waals surface area contributed by atoms with E-state index in [9.17, 15) is 13.6 Å². The topological polar surface area (TPSA) is 101 Å². The Kier molecular flexibility index (Phi) is 6.16. The maximum Gasteiger partial charge on any atom is 0.635 e. The second-order valence-electron chi connectivity index (χ2n) is 6.19. The number of carbonyl (C=O) groups is 1. The number of alkyl halides is 2. The molecule has 0 saturated heterocycles. The molecule has 0 aliphatic heterocycles. The molecule has 0 aliphatic rings. The average Bonchev–Trinajstić information content (AvgIpc) is 3.10. The zero-order valence-electron chi connectivity index (χ0n) is 15.3. The van der Waals surface area contributed by atoms with Crippen LogP contribution in [0.1, 0.15) is 11.1 Å². The van der Waals surface area contributed by atoms with Crippen LogP contribution in [0.4, 0.5) is 8.78 Å². The molecule has 0 bridgehead atoms. The minimum atomic E-state index is -3.88. The molecule has 3 aromatic rings. The molecule has 29 heavy (non-hydrogen) atoms. The largest absolute Gasteiger partial charge is 0.635 e. The second kappa shape index (κ2) is 8.60. The number of carbonyl (C=O) groups excluding carboxylic acids is 1. The minimum absolute atomic E-state index is 0.126. The summed E-state index contributed by atoms with van der Waals surface area (Å²) in [6.07, 6.45) is -0.176. The molecule has 0 unspecified atom stereocenters. The summed E-state index contributed by atoms with van der Waals surface area (Å²) >= 11 is 0. The van der Waals surface area contributed by atoms with Crippen molar-refractivity contribution in [1.82, 2.24) is 5.32 Å². The number of rotatable bonds is 8. The van der Waals surface area contributed by atoms with E-state index in [0.717, 1.165) is 12.1 Å². The van der Waals surface area contributed by atoms with Crippen molar-refractivity contribution in [2.75, 3.05) is 7.11 Å². The van der Waals surface area contributed by atoms with Gasteiger partial charge in [0.15, 0.2) is 0 Å². The first-order valence-corrected chi connectivity index (χ1v) is 8.61. The van der Waals surface area contributed by atoms with Crippen LogP contribution in [0.15, 0.2) is 59.2 Å². The Morgan fingerprint density at radius 2 is 1.90 bits per heavy atom. The van der Waals surface area contributed by atoms with Crippen molar-refractivity contribution >= 4 is 24.2 Å². The van der Waals surface area contributed by atoms with Gasteiger partial charge in [-0.3, -0.25) is 4.79 Å². The fraction of sp³-hybridized carbons (Fsp3) is 0.211. The number of fused-ring (bicyclic) bond motifs is 1. The van der Waals surface area contributed by atoms with E-state index >= 15 is 0 Å². The summed E-state index contributed by atoms with van der Waals surface area (Å²) in [5, 5.41) is 20.9. The third-order valence-electron chi connectivity index (χ3n) is 4.28. The number of hydrogen-bond donors (Lipinski definition) is 3. The predicted molar refractivity (Wildman–Crippen MR) is 100 cm³/mol. The van der Waals surface area contributed by atoms with E-state index in [1.54, 1.807) is 24.3 Å². The van der Waals surface area contributed by atoms with Crippen LogP contribution in [-0.2, 0) is 21.8 Å². The van der Waals surface area contributed by atoms with Gasteiger partial charge in [0, 0.05) is 22.9 Å². The summed E-state index contributed by atoms with van der Waals surface area (Å²) in [5.41, 5.74) is 0.549. The first-order chi connectivity index (χ1) is 13.8. The SMILES string of the molecule is COc1ccc(C(F)(F)C(=O)N[C@@H](Cc2coc3ccccc23)OB(O)O)cc1. The molecule has 1 aromatic heterocycles. The number of ether oxygens (including phenoxy) is 1. The fourth-order valence-corrected chi connectivity index (χ4v) is 2.84. The van der Waals surface area contributed by atoms with Crippen LogP contribution in [-0.4, -0.2) is 36.6 Å². The Labute approximate surface area is 165 Å². The zero-order chi connectivity index (χ0) is 21.0. The van der Waals surface area contributed by atoms with E-state index in [2.05, 4.69) is 0 Å². The summed E-state index contributed by atoms with van der Waals surface area (Å²) in [6.45, 7) is 0. The summed E-state index contributed by atoms with van der Waals surface area (Å²) in [7, 11) is -0.880. The van der Waals surface area contributed by atoms with Crippen LogP contribution in [0.5, 0.6) is 5.75 Å². The third kappa shape index (κ3) is 4.73. The second-order valence-corrected chi connectivity index (χ2v) is 6.19. The van der Waals surface area contributed by atoms with Crippen molar-refractivity contribution in [3.63, 3.8) is 0 Å². The molecule has 10 heteroatoms. The Hall–Kier alpha value is -2.95. The molecule has 1 atom stereocenters. The van der Waals surface area contributed by atoms with Crippen molar-refractivity contribution in [2.24, 2.45) is 0 Å². The lowest BCUT2D eigenvalue weighted by molar-refractivity contribution is -0.150. The van der Waals surface area contributed by atoms with Crippen LogP contribution in [0, 0.1) is 0 Å². The maximum absolute atomic E-state index is 14.6. The van der Waals surface area contributed by atoms with Crippen molar-refractivity contribution in [3.05, 3.63) is 65.9 Å². The molecule has 0 aliphatic carbocycles. The lowest BCUT2D eigenvalue weighted by Gasteiger charge is -2.23. The maximum atomic E-state index is 14.6. The molecular weight excluding hydrogens is 387 g/mol. The Balaban J connectivity index is 1.78. The molecule has 0 saturated carbocycles. The highest BCUT2D eigenvalue weighted by Gasteiger charge is 2.42. The average molecular weight is 405 g/mol. The van der Waals surface area contributed by atoms with Crippen molar-refractivity contribution in [2.45, 2.75) is 18.6 Å². The first-order valence-electron chi connectivity index (χ1n) is 8.61. The molecule has 3 N–H and O–H groups in total. The minimum Gasteiger partial charge on any atom is -0.497 e. The fourth-order valence-electron chi connectivity index (χ4n) is 2.84. The number of nitrogens with one attached hydrogen (secondary N) is 1. The van der Waals surface area contributed by atoms with Crippen LogP contribution in [0.2, 0.25) is 0 Å². The van der Waals surface area contributed by atoms with Gasteiger partial charge < -0.3 is 29.2 Å². The van der Waals surface area contributed by atoms with Crippen LogP contribution in [0.25, 0.3) is 11.0 Å². The number of para-hydroxylation sites is 1. The van der Waals surface area contributed by atoms with Crippen molar-refractivity contribution in [1.29, 1.82) is 0 Å². The van der Waals surface area contributed by atoms with Crippen LogP contribution < -0.4 is 10.1 Å². The number of benzene rings is 2. The number of hydrogen-bond acceptors (Lipinski definition) is 6. The number of halogens is 2. The Morgan fingerprint density at radius 3 is 2.55 bits per heavy atom. The van der Waals surface area contributed by atoms with Crippen LogP contribution in [0.3, 0.4) is 0 Å². The molecule has 0 radical (unpaired) electrons. The lowest BCUT2D eigenvalue weighted by Crippen LogP contribution is -2.48.